The highest BCUT2D eigenvalue weighted by molar-refractivity contribution is 8.68. The Kier molecular flexibility index (Phi) is 5.64. The molecule has 0 unspecified atom stereocenters. The van der Waals surface area contributed by atoms with Crippen molar-refractivity contribution in [1.82, 2.24) is 0 Å². The van der Waals surface area contributed by atoms with Crippen LogP contribution < -0.4 is 0 Å². The van der Waals surface area contributed by atoms with Crippen LogP contribution >= 0.6 is 34.2 Å². The van der Waals surface area contributed by atoms with Crippen LogP contribution in [0.5, 0.6) is 0 Å². The van der Waals surface area contributed by atoms with E-state index in [1.807, 2.05) is 0 Å². The van der Waals surface area contributed by atoms with Crippen molar-refractivity contribution in [2.75, 3.05) is 12.9 Å². The fourth-order valence-corrected chi connectivity index (χ4v) is 4.11. The Morgan fingerprint density at radius 2 is 2.05 bits per heavy atom. The lowest BCUT2D eigenvalue weighted by Crippen LogP contribution is -2.57. The molecule has 4 N–H and O–H groups in total. The van der Waals surface area contributed by atoms with Crippen LogP contribution in [-0.4, -0.2) is 51.5 Å². The van der Waals surface area contributed by atoms with E-state index in [-0.39, 0.29) is 6.61 Å². The maximum Gasteiger partial charge on any atom is 0.177 e. The fourth-order valence-electron chi connectivity index (χ4n) is 2.29. The van der Waals surface area contributed by atoms with Crippen LogP contribution in [-0.2, 0) is 9.67 Å². The van der Waals surface area contributed by atoms with Gasteiger partial charge in [0.05, 0.1) is 11.7 Å². The fraction of sp³-hybridized carbons (Fsp3) is 0.462. The predicted molar refractivity (Wildman–Crippen MR) is 89.0 cm³/mol. The minimum atomic E-state index is -1.36. The Balaban J connectivity index is 2.54. The third-order valence-electron chi connectivity index (χ3n) is 3.46. The van der Waals surface area contributed by atoms with Crippen LogP contribution in [0.3, 0.4) is 0 Å². The standard InChI is InChI=1S/C13H17NO4S3/c1-20-12(14)7-4-2-3-5-8(7)13(21-19)11(17)10(16)9(15)6-18-13/h2-5,9-11,14-17,19H,6H2,1H3/t9-,10+,11-,13-/m1/s1. The normalized spacial score (nSPS) is 32.9. The van der Waals surface area contributed by atoms with E-state index in [2.05, 4.69) is 11.7 Å². The Bertz CT molecular complexity index is 530. The van der Waals surface area contributed by atoms with Gasteiger partial charge in [0, 0.05) is 11.1 Å². The van der Waals surface area contributed by atoms with Gasteiger partial charge in [0.1, 0.15) is 18.3 Å². The van der Waals surface area contributed by atoms with Crippen LogP contribution in [0.15, 0.2) is 24.3 Å². The van der Waals surface area contributed by atoms with E-state index >= 15 is 0 Å². The summed E-state index contributed by atoms with van der Waals surface area (Å²) in [4.78, 5) is -1.33. The third kappa shape index (κ3) is 2.98. The summed E-state index contributed by atoms with van der Waals surface area (Å²) in [5.41, 5.74) is 1.16. The SMILES string of the molecule is CSC(=N)c1ccccc1[C@]1(SS)OC[C@@H](O)[C@H](O)[C@H]1O. The van der Waals surface area contributed by atoms with Crippen molar-refractivity contribution in [3.05, 3.63) is 35.4 Å². The largest absolute Gasteiger partial charge is 0.388 e. The van der Waals surface area contributed by atoms with Crippen molar-refractivity contribution in [3.8, 4) is 0 Å². The lowest BCUT2D eigenvalue weighted by atomic mass is 9.91. The van der Waals surface area contributed by atoms with Crippen LogP contribution in [0, 0.1) is 5.41 Å². The maximum atomic E-state index is 10.4. The number of ether oxygens (including phenoxy) is 1. The molecule has 1 heterocycles. The van der Waals surface area contributed by atoms with Crippen molar-refractivity contribution in [1.29, 1.82) is 5.41 Å². The van der Waals surface area contributed by atoms with Crippen LogP contribution in [0.1, 0.15) is 11.1 Å². The van der Waals surface area contributed by atoms with E-state index in [1.54, 1.807) is 30.5 Å². The van der Waals surface area contributed by atoms with Crippen LogP contribution in [0.25, 0.3) is 0 Å². The van der Waals surface area contributed by atoms with E-state index in [1.165, 1.54) is 11.8 Å². The smallest absolute Gasteiger partial charge is 0.177 e. The zero-order chi connectivity index (χ0) is 15.6. The summed E-state index contributed by atoms with van der Waals surface area (Å²) in [7, 11) is 0.947. The summed E-state index contributed by atoms with van der Waals surface area (Å²) in [6.45, 7) is -0.118. The molecule has 0 spiro atoms. The number of benzene rings is 1. The summed E-state index contributed by atoms with van der Waals surface area (Å²) in [5, 5.41) is 38.4. The molecule has 116 valence electrons. The summed E-state index contributed by atoms with van der Waals surface area (Å²) in [5.74, 6) is 0. The minimum Gasteiger partial charge on any atom is -0.388 e. The minimum absolute atomic E-state index is 0.118. The van der Waals surface area contributed by atoms with E-state index in [4.69, 9.17) is 10.1 Å². The average molecular weight is 347 g/mol. The molecule has 1 saturated heterocycles. The predicted octanol–water partition coefficient (Wildman–Crippen LogP) is 1.22. The molecule has 1 aliphatic heterocycles. The number of rotatable bonds is 3. The van der Waals surface area contributed by atoms with Crippen LogP contribution in [0.4, 0.5) is 0 Å². The summed E-state index contributed by atoms with van der Waals surface area (Å²) < 4.78 is 5.65. The first-order chi connectivity index (χ1) is 9.97. The van der Waals surface area contributed by atoms with E-state index in [0.29, 0.717) is 16.2 Å². The van der Waals surface area contributed by atoms with Gasteiger partial charge in [-0.25, -0.2) is 0 Å². The van der Waals surface area contributed by atoms with Gasteiger partial charge in [-0.2, -0.15) is 0 Å². The van der Waals surface area contributed by atoms with Gasteiger partial charge in [-0.15, -0.1) is 23.4 Å². The number of hydrogen-bond acceptors (Lipinski definition) is 8. The van der Waals surface area contributed by atoms with Crippen molar-refractivity contribution in [2.45, 2.75) is 23.2 Å². The molecule has 21 heavy (non-hydrogen) atoms. The number of aliphatic hydroxyl groups is 3. The second kappa shape index (κ2) is 6.91. The zero-order valence-electron chi connectivity index (χ0n) is 11.3. The van der Waals surface area contributed by atoms with Gasteiger partial charge in [0.25, 0.3) is 0 Å². The number of hydrogen-bond donors (Lipinski definition) is 5. The number of aliphatic hydroxyl groups excluding tert-OH is 3. The highest BCUT2D eigenvalue weighted by Crippen LogP contribution is 2.48. The summed E-state index contributed by atoms with van der Waals surface area (Å²) in [6, 6.07) is 7.05. The van der Waals surface area contributed by atoms with E-state index < -0.39 is 23.2 Å². The first-order valence-corrected chi connectivity index (χ1v) is 9.30. The average Bonchev–Trinajstić information content (AvgIpc) is 2.53. The topological polar surface area (TPSA) is 93.8 Å². The van der Waals surface area contributed by atoms with Crippen LogP contribution in [0.2, 0.25) is 0 Å². The zero-order valence-corrected chi connectivity index (χ0v) is 13.8. The van der Waals surface area contributed by atoms with Gasteiger partial charge in [0.15, 0.2) is 4.93 Å². The molecule has 5 nitrogen and oxygen atoms in total. The molecular formula is C13H17NO4S3. The Hall–Kier alpha value is -0.220. The van der Waals surface area contributed by atoms with Crippen molar-refractivity contribution < 1.29 is 20.1 Å². The number of nitrogens with one attached hydrogen (secondary N) is 1. The second-order valence-electron chi connectivity index (χ2n) is 4.65. The summed E-state index contributed by atoms with van der Waals surface area (Å²) >= 11 is 5.46. The first-order valence-electron chi connectivity index (χ1n) is 6.21. The third-order valence-corrected chi connectivity index (χ3v) is 5.75. The highest BCUT2D eigenvalue weighted by atomic mass is 33.1. The Morgan fingerprint density at radius 1 is 1.38 bits per heavy atom. The van der Waals surface area contributed by atoms with E-state index in [0.717, 1.165) is 10.8 Å². The summed E-state index contributed by atoms with van der Waals surface area (Å²) in [6.07, 6.45) is -2.06. The van der Waals surface area contributed by atoms with Crippen molar-refractivity contribution >= 4 is 39.3 Å². The molecule has 1 fully saturated rings. The number of thioether (sulfide) groups is 1. The molecule has 0 aromatic heterocycles. The highest BCUT2D eigenvalue weighted by Gasteiger charge is 2.51. The van der Waals surface area contributed by atoms with Crippen molar-refractivity contribution in [2.24, 2.45) is 0 Å². The lowest BCUT2D eigenvalue weighted by molar-refractivity contribution is -0.204. The molecule has 0 radical (unpaired) electrons. The van der Waals surface area contributed by atoms with Gasteiger partial charge < -0.3 is 20.1 Å². The molecule has 1 aromatic rings. The lowest BCUT2D eigenvalue weighted by Gasteiger charge is -2.44. The van der Waals surface area contributed by atoms with Gasteiger partial charge in [-0.05, 0) is 6.26 Å². The molecule has 2 rings (SSSR count). The number of thiol groups is 1. The van der Waals surface area contributed by atoms with Gasteiger partial charge in [-0.3, -0.25) is 5.41 Å². The molecule has 0 saturated carbocycles. The van der Waals surface area contributed by atoms with E-state index in [9.17, 15) is 15.3 Å². The first kappa shape index (κ1) is 17.1. The van der Waals surface area contributed by atoms with Crippen molar-refractivity contribution in [3.63, 3.8) is 0 Å². The monoisotopic (exact) mass is 347 g/mol. The maximum absolute atomic E-state index is 10.4. The molecular weight excluding hydrogens is 330 g/mol. The molecule has 0 amide bonds. The molecule has 4 atom stereocenters. The Morgan fingerprint density at radius 3 is 2.67 bits per heavy atom. The molecule has 1 aliphatic rings. The van der Waals surface area contributed by atoms with Gasteiger partial charge in [-0.1, -0.05) is 35.1 Å². The molecule has 1 aromatic carbocycles. The molecule has 8 heteroatoms. The Labute approximate surface area is 136 Å². The van der Waals surface area contributed by atoms with Gasteiger partial charge >= 0.3 is 0 Å². The quantitative estimate of drug-likeness (QED) is 0.244. The second-order valence-corrected chi connectivity index (χ2v) is 6.80. The molecule has 0 aliphatic carbocycles. The van der Waals surface area contributed by atoms with Gasteiger partial charge in [0.2, 0.25) is 0 Å². The molecule has 0 bridgehead atoms.